The number of halogens is 2. The van der Waals surface area contributed by atoms with Crippen molar-refractivity contribution in [1.82, 2.24) is 5.32 Å². The van der Waals surface area contributed by atoms with E-state index in [2.05, 4.69) is 17.4 Å². The number of aliphatic hydroxyl groups is 1. The van der Waals surface area contributed by atoms with Crippen molar-refractivity contribution >= 4 is 23.2 Å². The second-order valence-corrected chi connectivity index (χ2v) is 5.79. The predicted molar refractivity (Wildman–Crippen MR) is 88.8 cm³/mol. The summed E-state index contributed by atoms with van der Waals surface area (Å²) in [6.07, 6.45) is 1.63. The van der Waals surface area contributed by atoms with Crippen LogP contribution in [0.4, 0.5) is 0 Å². The fraction of sp³-hybridized carbons (Fsp3) is 0.294. The lowest BCUT2D eigenvalue weighted by Crippen LogP contribution is -2.21. The van der Waals surface area contributed by atoms with Crippen LogP contribution < -0.4 is 5.32 Å². The first-order valence-electron chi connectivity index (χ1n) is 7.04. The molecule has 2 aromatic rings. The molecule has 0 aliphatic rings. The minimum absolute atomic E-state index is 0.188. The Balaban J connectivity index is 2.07. The maximum atomic E-state index is 9.06. The van der Waals surface area contributed by atoms with Crippen molar-refractivity contribution in [2.24, 2.45) is 0 Å². The third-order valence-electron chi connectivity index (χ3n) is 3.40. The normalized spacial score (nSPS) is 12.3. The molecule has 0 aliphatic carbocycles. The molecule has 0 saturated heterocycles. The van der Waals surface area contributed by atoms with Crippen LogP contribution in [-0.4, -0.2) is 11.7 Å². The fourth-order valence-corrected chi connectivity index (χ4v) is 2.66. The van der Waals surface area contributed by atoms with Crippen LogP contribution in [-0.2, 0) is 6.54 Å². The van der Waals surface area contributed by atoms with Gasteiger partial charge in [-0.05, 0) is 42.2 Å². The molecule has 2 rings (SSSR count). The number of benzene rings is 2. The Morgan fingerprint density at radius 2 is 1.81 bits per heavy atom. The quantitative estimate of drug-likeness (QED) is 0.780. The summed E-state index contributed by atoms with van der Waals surface area (Å²) in [4.78, 5) is 0. The molecule has 0 saturated carbocycles. The van der Waals surface area contributed by atoms with E-state index in [1.165, 1.54) is 5.56 Å². The smallest absolute Gasteiger partial charge is 0.0451 e. The van der Waals surface area contributed by atoms with Crippen LogP contribution in [0.5, 0.6) is 0 Å². The Morgan fingerprint density at radius 1 is 1.05 bits per heavy atom. The van der Waals surface area contributed by atoms with Crippen molar-refractivity contribution < 1.29 is 5.11 Å². The first-order valence-corrected chi connectivity index (χ1v) is 7.79. The highest BCUT2D eigenvalue weighted by Gasteiger charge is 2.11. The third kappa shape index (κ3) is 5.01. The summed E-state index contributed by atoms with van der Waals surface area (Å²) in [6.45, 7) is 0.841. The molecule has 4 heteroatoms. The molecular formula is C17H19Cl2NO. The summed E-state index contributed by atoms with van der Waals surface area (Å²) in [7, 11) is 0. The Labute approximate surface area is 135 Å². The lowest BCUT2D eigenvalue weighted by Gasteiger charge is -2.19. The van der Waals surface area contributed by atoms with Crippen LogP contribution in [0.3, 0.4) is 0 Å². The van der Waals surface area contributed by atoms with Gasteiger partial charge in [0.25, 0.3) is 0 Å². The molecule has 0 amide bonds. The molecule has 0 heterocycles. The third-order valence-corrected chi connectivity index (χ3v) is 4.00. The highest BCUT2D eigenvalue weighted by atomic mass is 35.5. The molecule has 2 N–H and O–H groups in total. The molecule has 112 valence electrons. The monoisotopic (exact) mass is 323 g/mol. The lowest BCUT2D eigenvalue weighted by atomic mass is 10.0. The topological polar surface area (TPSA) is 32.3 Å². The van der Waals surface area contributed by atoms with Crippen molar-refractivity contribution in [3.63, 3.8) is 0 Å². The molecule has 2 aromatic carbocycles. The van der Waals surface area contributed by atoms with E-state index >= 15 is 0 Å². The van der Waals surface area contributed by atoms with Gasteiger partial charge in [-0.1, -0.05) is 53.5 Å². The van der Waals surface area contributed by atoms with Crippen LogP contribution in [0.15, 0.2) is 48.5 Å². The minimum Gasteiger partial charge on any atom is -0.396 e. The maximum absolute atomic E-state index is 9.06. The summed E-state index contributed by atoms with van der Waals surface area (Å²) < 4.78 is 0. The standard InChI is InChI=1S/C17H19Cl2NO/c18-15-8-9-16(19)14(11-15)12-20-17(7-4-10-21)13-5-2-1-3-6-13/h1-3,5-6,8-9,11,17,20-21H,4,7,10,12H2. The SMILES string of the molecule is OCCCC(NCc1cc(Cl)ccc1Cl)c1ccccc1. The molecule has 0 spiro atoms. The van der Waals surface area contributed by atoms with E-state index in [1.807, 2.05) is 30.3 Å². The Morgan fingerprint density at radius 3 is 2.52 bits per heavy atom. The van der Waals surface area contributed by atoms with Gasteiger partial charge in [0.1, 0.15) is 0 Å². The summed E-state index contributed by atoms with van der Waals surface area (Å²) in [5, 5.41) is 14.0. The fourth-order valence-electron chi connectivity index (χ4n) is 2.28. The average molecular weight is 324 g/mol. The lowest BCUT2D eigenvalue weighted by molar-refractivity contribution is 0.275. The second-order valence-electron chi connectivity index (χ2n) is 4.95. The Hall–Kier alpha value is -1.06. The first-order chi connectivity index (χ1) is 10.2. The largest absolute Gasteiger partial charge is 0.396 e. The maximum Gasteiger partial charge on any atom is 0.0451 e. The highest BCUT2D eigenvalue weighted by Crippen LogP contribution is 2.23. The van der Waals surface area contributed by atoms with Crippen LogP contribution in [0.2, 0.25) is 10.0 Å². The van der Waals surface area contributed by atoms with E-state index in [0.717, 1.165) is 18.4 Å². The Bertz CT molecular complexity index is 560. The van der Waals surface area contributed by atoms with Gasteiger partial charge in [0.05, 0.1) is 0 Å². The molecule has 0 aliphatic heterocycles. The van der Waals surface area contributed by atoms with E-state index < -0.39 is 0 Å². The van der Waals surface area contributed by atoms with Gasteiger partial charge in [0.2, 0.25) is 0 Å². The van der Waals surface area contributed by atoms with E-state index in [4.69, 9.17) is 28.3 Å². The number of hydrogen-bond donors (Lipinski definition) is 2. The van der Waals surface area contributed by atoms with Gasteiger partial charge in [-0.3, -0.25) is 0 Å². The van der Waals surface area contributed by atoms with Crippen LogP contribution in [0, 0.1) is 0 Å². The summed E-state index contributed by atoms with van der Waals surface area (Å²) in [6, 6.07) is 15.9. The molecule has 0 fully saturated rings. The molecule has 0 bridgehead atoms. The van der Waals surface area contributed by atoms with Crippen molar-refractivity contribution in [3.8, 4) is 0 Å². The van der Waals surface area contributed by atoms with E-state index in [9.17, 15) is 0 Å². The number of rotatable bonds is 7. The second kappa shape index (κ2) is 8.40. The van der Waals surface area contributed by atoms with E-state index in [-0.39, 0.29) is 12.6 Å². The van der Waals surface area contributed by atoms with Gasteiger partial charge in [-0.15, -0.1) is 0 Å². The predicted octanol–water partition coefficient (Wildman–Crippen LogP) is 4.60. The summed E-state index contributed by atoms with van der Waals surface area (Å²) in [5.74, 6) is 0. The van der Waals surface area contributed by atoms with Gasteiger partial charge in [-0.25, -0.2) is 0 Å². The molecule has 2 nitrogen and oxygen atoms in total. The molecule has 1 unspecified atom stereocenters. The van der Waals surface area contributed by atoms with Gasteiger partial charge in [0, 0.05) is 29.2 Å². The van der Waals surface area contributed by atoms with Crippen LogP contribution >= 0.6 is 23.2 Å². The van der Waals surface area contributed by atoms with Crippen molar-refractivity contribution in [1.29, 1.82) is 0 Å². The zero-order valence-corrected chi connectivity index (χ0v) is 13.2. The van der Waals surface area contributed by atoms with Crippen LogP contribution in [0.25, 0.3) is 0 Å². The van der Waals surface area contributed by atoms with Gasteiger partial charge in [0.15, 0.2) is 0 Å². The highest BCUT2D eigenvalue weighted by molar-refractivity contribution is 6.33. The molecule has 0 radical (unpaired) electrons. The number of hydrogen-bond acceptors (Lipinski definition) is 2. The number of nitrogens with one attached hydrogen (secondary N) is 1. The first kappa shape index (κ1) is 16.3. The van der Waals surface area contributed by atoms with E-state index in [1.54, 1.807) is 6.07 Å². The molecular weight excluding hydrogens is 305 g/mol. The molecule has 21 heavy (non-hydrogen) atoms. The van der Waals surface area contributed by atoms with E-state index in [0.29, 0.717) is 16.6 Å². The van der Waals surface area contributed by atoms with Gasteiger partial charge in [-0.2, -0.15) is 0 Å². The van der Waals surface area contributed by atoms with Crippen molar-refractivity contribution in [2.45, 2.75) is 25.4 Å². The zero-order chi connectivity index (χ0) is 15.1. The van der Waals surface area contributed by atoms with Crippen molar-refractivity contribution in [3.05, 3.63) is 69.7 Å². The van der Waals surface area contributed by atoms with Gasteiger partial charge < -0.3 is 10.4 Å². The zero-order valence-electron chi connectivity index (χ0n) is 11.7. The average Bonchev–Trinajstić information content (AvgIpc) is 2.51. The minimum atomic E-state index is 0.188. The summed E-state index contributed by atoms with van der Waals surface area (Å²) >= 11 is 12.2. The number of aliphatic hydroxyl groups excluding tert-OH is 1. The van der Waals surface area contributed by atoms with Gasteiger partial charge >= 0.3 is 0 Å². The Kier molecular flexibility index (Phi) is 6.52. The molecule has 1 atom stereocenters. The van der Waals surface area contributed by atoms with Crippen LogP contribution in [0.1, 0.15) is 30.0 Å². The van der Waals surface area contributed by atoms with Crippen molar-refractivity contribution in [2.75, 3.05) is 6.61 Å². The summed E-state index contributed by atoms with van der Waals surface area (Å²) in [5.41, 5.74) is 2.19. The molecule has 0 aromatic heterocycles.